The third-order valence-electron chi connectivity index (χ3n) is 3.11. The van der Waals surface area contributed by atoms with E-state index in [0.717, 1.165) is 0 Å². The summed E-state index contributed by atoms with van der Waals surface area (Å²) in [6.07, 6.45) is -2.72. The van der Waals surface area contributed by atoms with E-state index >= 15 is 0 Å². The number of hydrogen-bond donors (Lipinski definition) is 1. The molecule has 1 aliphatic heterocycles. The zero-order valence-corrected chi connectivity index (χ0v) is 13.6. The topological polar surface area (TPSA) is 66.4 Å². The Morgan fingerprint density at radius 2 is 1.47 bits per heavy atom. The van der Waals surface area contributed by atoms with E-state index in [1.54, 1.807) is 14.2 Å². The van der Waals surface area contributed by atoms with Crippen LogP contribution in [0.15, 0.2) is 0 Å². The van der Waals surface area contributed by atoms with Crippen LogP contribution in [0.3, 0.4) is 0 Å². The molecular weight excluding hydrogens is 268 g/mol. The largest absolute Gasteiger partial charge is 0.415 e. The molecule has 0 saturated carbocycles. The van der Waals surface area contributed by atoms with Gasteiger partial charge in [0.2, 0.25) is 0 Å². The Hall–Kier alpha value is -0.0231. The molecule has 0 bridgehead atoms. The van der Waals surface area contributed by atoms with Gasteiger partial charge in [-0.3, -0.25) is 0 Å². The lowest BCUT2D eigenvalue weighted by molar-refractivity contribution is -0.298. The van der Waals surface area contributed by atoms with Crippen molar-refractivity contribution in [1.82, 2.24) is 0 Å². The van der Waals surface area contributed by atoms with E-state index in [4.69, 9.17) is 23.4 Å². The molecule has 6 nitrogen and oxygen atoms in total. The Morgan fingerprint density at radius 1 is 0.947 bits per heavy atom. The molecule has 1 fully saturated rings. The molecule has 19 heavy (non-hydrogen) atoms. The highest BCUT2D eigenvalue weighted by Crippen LogP contribution is 2.26. The van der Waals surface area contributed by atoms with Crippen molar-refractivity contribution in [2.45, 2.75) is 50.3 Å². The van der Waals surface area contributed by atoms with Crippen LogP contribution in [0.1, 0.15) is 0 Å². The van der Waals surface area contributed by atoms with E-state index < -0.39 is 26.8 Å². The fourth-order valence-electron chi connectivity index (χ4n) is 2.17. The second kappa shape index (κ2) is 7.12. The molecule has 5 atom stereocenters. The lowest BCUT2D eigenvalue weighted by Crippen LogP contribution is -2.61. The van der Waals surface area contributed by atoms with Crippen molar-refractivity contribution in [1.29, 1.82) is 0 Å². The van der Waals surface area contributed by atoms with Gasteiger partial charge in [0, 0.05) is 21.3 Å². The third-order valence-corrected chi connectivity index (χ3v) is 4.14. The normalized spacial score (nSPS) is 36.5. The summed E-state index contributed by atoms with van der Waals surface area (Å²) in [5.41, 5.74) is 0. The number of aliphatic hydroxyl groups is 1. The maximum absolute atomic E-state index is 9.96. The molecule has 0 amide bonds. The van der Waals surface area contributed by atoms with Crippen LogP contribution in [0.5, 0.6) is 0 Å². The van der Waals surface area contributed by atoms with E-state index in [9.17, 15) is 5.11 Å². The molecule has 0 spiro atoms. The predicted molar refractivity (Wildman–Crippen MR) is 72.6 cm³/mol. The number of rotatable bonds is 6. The van der Waals surface area contributed by atoms with Gasteiger partial charge in [0.1, 0.15) is 24.4 Å². The Bertz CT molecular complexity index is 269. The van der Waals surface area contributed by atoms with Crippen molar-refractivity contribution in [3.63, 3.8) is 0 Å². The van der Waals surface area contributed by atoms with Crippen molar-refractivity contribution in [2.75, 3.05) is 27.9 Å². The van der Waals surface area contributed by atoms with E-state index in [2.05, 4.69) is 19.6 Å². The van der Waals surface area contributed by atoms with E-state index in [1.165, 1.54) is 7.11 Å². The van der Waals surface area contributed by atoms with Crippen LogP contribution in [0.25, 0.3) is 0 Å². The quantitative estimate of drug-likeness (QED) is 0.724. The Morgan fingerprint density at radius 3 is 1.89 bits per heavy atom. The van der Waals surface area contributed by atoms with Crippen LogP contribution in [0.4, 0.5) is 0 Å². The minimum atomic E-state index is -1.65. The first-order valence-corrected chi connectivity index (χ1v) is 9.80. The molecular formula is C12H26O6Si. The standard InChI is InChI=1S/C12H26O6Si/c1-14-9-8(7-17-19(4,5)6)18-12(13)11(16-3)10(9)15-2/h8-13H,7H2,1-6H3/t8-,9-,10+,11-,12?/m1/s1. The monoisotopic (exact) mass is 294 g/mol. The zero-order chi connectivity index (χ0) is 14.6. The molecule has 0 aliphatic carbocycles. The highest BCUT2D eigenvalue weighted by atomic mass is 28.4. The lowest BCUT2D eigenvalue weighted by atomic mass is 9.99. The molecule has 1 aliphatic rings. The minimum absolute atomic E-state index is 0.338. The van der Waals surface area contributed by atoms with Crippen molar-refractivity contribution in [2.24, 2.45) is 0 Å². The summed E-state index contributed by atoms with van der Waals surface area (Å²) in [4.78, 5) is 0. The highest BCUT2D eigenvalue weighted by Gasteiger charge is 2.46. The maximum atomic E-state index is 9.96. The first-order valence-electron chi connectivity index (χ1n) is 6.40. The number of hydrogen-bond acceptors (Lipinski definition) is 6. The number of ether oxygens (including phenoxy) is 4. The second-order valence-corrected chi connectivity index (χ2v) is 10.1. The third kappa shape index (κ3) is 4.49. The van der Waals surface area contributed by atoms with Crippen molar-refractivity contribution in [3.8, 4) is 0 Å². The Balaban J connectivity index is 2.75. The van der Waals surface area contributed by atoms with Crippen molar-refractivity contribution >= 4 is 8.32 Å². The number of aliphatic hydroxyl groups excluding tert-OH is 1. The summed E-state index contributed by atoms with van der Waals surface area (Å²) in [6.45, 7) is 6.67. The van der Waals surface area contributed by atoms with Gasteiger partial charge in [-0.2, -0.15) is 0 Å². The van der Waals surface area contributed by atoms with Gasteiger partial charge in [-0.1, -0.05) is 0 Å². The fraction of sp³-hybridized carbons (Fsp3) is 1.00. The predicted octanol–water partition coefficient (Wildman–Crippen LogP) is 0.600. The average Bonchev–Trinajstić information content (AvgIpc) is 2.34. The first-order chi connectivity index (χ1) is 8.84. The summed E-state index contributed by atoms with van der Waals surface area (Å²) in [5, 5.41) is 9.96. The van der Waals surface area contributed by atoms with Crippen LogP contribution >= 0.6 is 0 Å². The molecule has 1 saturated heterocycles. The second-order valence-electron chi connectivity index (χ2n) is 5.59. The van der Waals surface area contributed by atoms with Gasteiger partial charge in [0.15, 0.2) is 14.6 Å². The molecule has 1 N–H and O–H groups in total. The van der Waals surface area contributed by atoms with Crippen LogP contribution in [0.2, 0.25) is 19.6 Å². The van der Waals surface area contributed by atoms with Crippen LogP contribution in [-0.2, 0) is 23.4 Å². The van der Waals surface area contributed by atoms with E-state index in [-0.39, 0.29) is 12.2 Å². The number of methoxy groups -OCH3 is 3. The molecule has 0 aromatic rings. The SMILES string of the molecule is CO[C@H]1[C@H](OC)[C@@H](OC)C(O)O[C@@H]1CO[Si](C)(C)C. The van der Waals surface area contributed by atoms with Crippen LogP contribution in [0, 0.1) is 0 Å². The Labute approximate surface area is 116 Å². The van der Waals surface area contributed by atoms with Crippen molar-refractivity contribution < 1.29 is 28.5 Å². The van der Waals surface area contributed by atoms with Gasteiger partial charge in [-0.25, -0.2) is 0 Å². The van der Waals surface area contributed by atoms with Gasteiger partial charge < -0.3 is 28.5 Å². The Kier molecular flexibility index (Phi) is 6.38. The fourth-order valence-corrected chi connectivity index (χ4v) is 2.83. The molecule has 7 heteroatoms. The first kappa shape index (κ1) is 17.0. The van der Waals surface area contributed by atoms with E-state index in [1.807, 2.05) is 0 Å². The molecule has 1 unspecified atom stereocenters. The summed E-state index contributed by atoms with van der Waals surface area (Å²) in [6, 6.07) is 0. The summed E-state index contributed by atoms with van der Waals surface area (Å²) in [7, 11) is 3.01. The van der Waals surface area contributed by atoms with Gasteiger partial charge in [-0.05, 0) is 19.6 Å². The average molecular weight is 294 g/mol. The van der Waals surface area contributed by atoms with Gasteiger partial charge in [0.25, 0.3) is 0 Å². The van der Waals surface area contributed by atoms with Crippen LogP contribution in [-0.4, -0.2) is 72.1 Å². The molecule has 1 heterocycles. The summed E-state index contributed by atoms with van der Waals surface area (Å²) in [5.74, 6) is 0. The van der Waals surface area contributed by atoms with Crippen LogP contribution < -0.4 is 0 Å². The van der Waals surface area contributed by atoms with Gasteiger partial charge in [0.05, 0.1) is 6.61 Å². The maximum Gasteiger partial charge on any atom is 0.184 e. The van der Waals surface area contributed by atoms with Crippen molar-refractivity contribution in [3.05, 3.63) is 0 Å². The molecule has 1 rings (SSSR count). The van der Waals surface area contributed by atoms with E-state index in [0.29, 0.717) is 6.61 Å². The molecule has 0 radical (unpaired) electrons. The summed E-state index contributed by atoms with van der Waals surface area (Å²) < 4.78 is 27.4. The highest BCUT2D eigenvalue weighted by molar-refractivity contribution is 6.69. The minimum Gasteiger partial charge on any atom is -0.415 e. The smallest absolute Gasteiger partial charge is 0.184 e. The molecule has 0 aromatic carbocycles. The van der Waals surface area contributed by atoms with Gasteiger partial charge in [-0.15, -0.1) is 0 Å². The molecule has 114 valence electrons. The van der Waals surface area contributed by atoms with Gasteiger partial charge >= 0.3 is 0 Å². The lowest BCUT2D eigenvalue weighted by Gasteiger charge is -2.43. The summed E-state index contributed by atoms with van der Waals surface area (Å²) >= 11 is 0. The molecule has 0 aromatic heterocycles. The zero-order valence-electron chi connectivity index (χ0n) is 12.6.